The van der Waals surface area contributed by atoms with E-state index >= 15 is 0 Å². The highest BCUT2D eigenvalue weighted by molar-refractivity contribution is 6.24. The van der Waals surface area contributed by atoms with Gasteiger partial charge in [0.2, 0.25) is 0 Å². The minimum Gasteiger partial charge on any atom is -0.491 e. The molecule has 0 atom stereocenters. The summed E-state index contributed by atoms with van der Waals surface area (Å²) in [5.41, 5.74) is 0.604. The fourth-order valence-corrected chi connectivity index (χ4v) is 0.889. The SMILES string of the molecule is [B]C1=C(C(=O)CC)OCC1. The van der Waals surface area contributed by atoms with Crippen LogP contribution in [0.25, 0.3) is 0 Å². The first kappa shape index (κ1) is 7.38. The molecular weight excluding hydrogens is 127 g/mol. The van der Waals surface area contributed by atoms with E-state index in [0.29, 0.717) is 30.7 Å². The van der Waals surface area contributed by atoms with Crippen LogP contribution >= 0.6 is 0 Å². The standard InChI is InChI=1S/C7H9BO2/c1-2-6(9)7-5(8)3-4-10-7/h2-4H2,1H3. The van der Waals surface area contributed by atoms with E-state index in [9.17, 15) is 4.79 Å². The fourth-order valence-electron chi connectivity index (χ4n) is 0.889. The summed E-state index contributed by atoms with van der Waals surface area (Å²) >= 11 is 0. The molecule has 0 amide bonds. The maximum atomic E-state index is 11.0. The van der Waals surface area contributed by atoms with E-state index in [1.54, 1.807) is 6.92 Å². The van der Waals surface area contributed by atoms with Gasteiger partial charge in [-0.1, -0.05) is 12.4 Å². The number of ketones is 1. The van der Waals surface area contributed by atoms with Gasteiger partial charge in [0, 0.05) is 6.42 Å². The van der Waals surface area contributed by atoms with Crippen molar-refractivity contribution in [2.45, 2.75) is 19.8 Å². The van der Waals surface area contributed by atoms with Gasteiger partial charge in [0.25, 0.3) is 0 Å². The minimum absolute atomic E-state index is 0.00926. The number of carbonyl (C=O) groups excluding carboxylic acids is 1. The van der Waals surface area contributed by atoms with Crippen LogP contribution in [0.3, 0.4) is 0 Å². The van der Waals surface area contributed by atoms with Gasteiger partial charge in [-0.3, -0.25) is 4.79 Å². The average Bonchev–Trinajstić information content (AvgIpc) is 2.34. The van der Waals surface area contributed by atoms with E-state index in [1.807, 2.05) is 0 Å². The monoisotopic (exact) mass is 136 g/mol. The lowest BCUT2D eigenvalue weighted by atomic mass is 9.91. The summed E-state index contributed by atoms with van der Waals surface area (Å²) < 4.78 is 5.02. The van der Waals surface area contributed by atoms with Crippen LogP contribution in [-0.4, -0.2) is 20.2 Å². The molecule has 0 saturated heterocycles. The highest BCUT2D eigenvalue weighted by Gasteiger charge is 2.16. The highest BCUT2D eigenvalue weighted by atomic mass is 16.5. The summed E-state index contributed by atoms with van der Waals surface area (Å²) in [4.78, 5) is 11.0. The number of Topliss-reactive ketones (excluding diaryl/α,β-unsaturated/α-hetero) is 1. The van der Waals surface area contributed by atoms with Crippen molar-refractivity contribution in [2.75, 3.05) is 6.61 Å². The largest absolute Gasteiger partial charge is 0.491 e. The van der Waals surface area contributed by atoms with Crippen LogP contribution in [0.1, 0.15) is 19.8 Å². The lowest BCUT2D eigenvalue weighted by Gasteiger charge is -1.99. The Morgan fingerprint density at radius 3 is 2.90 bits per heavy atom. The van der Waals surface area contributed by atoms with Crippen molar-refractivity contribution in [1.82, 2.24) is 0 Å². The number of hydrogen-bond acceptors (Lipinski definition) is 2. The molecule has 0 bridgehead atoms. The first-order valence-corrected chi connectivity index (χ1v) is 3.40. The average molecular weight is 136 g/mol. The van der Waals surface area contributed by atoms with Crippen molar-refractivity contribution in [3.05, 3.63) is 11.2 Å². The third-order valence-corrected chi connectivity index (χ3v) is 1.48. The van der Waals surface area contributed by atoms with E-state index in [-0.39, 0.29) is 5.78 Å². The molecule has 0 fully saturated rings. The molecule has 0 aromatic carbocycles. The normalized spacial score (nSPS) is 17.3. The Hall–Kier alpha value is -0.725. The lowest BCUT2D eigenvalue weighted by Crippen LogP contribution is -2.02. The predicted molar refractivity (Wildman–Crippen MR) is 38.6 cm³/mol. The Morgan fingerprint density at radius 2 is 2.50 bits per heavy atom. The van der Waals surface area contributed by atoms with Gasteiger partial charge in [-0.25, -0.2) is 0 Å². The molecule has 1 aliphatic rings. The van der Waals surface area contributed by atoms with Gasteiger partial charge in [-0.15, -0.1) is 0 Å². The van der Waals surface area contributed by atoms with Crippen LogP contribution in [0.2, 0.25) is 0 Å². The van der Waals surface area contributed by atoms with Crippen LogP contribution in [0, 0.1) is 0 Å². The molecule has 0 unspecified atom stereocenters. The summed E-state index contributed by atoms with van der Waals surface area (Å²) in [5, 5.41) is 0. The van der Waals surface area contributed by atoms with Crippen molar-refractivity contribution in [3.63, 3.8) is 0 Å². The second kappa shape index (κ2) is 2.91. The maximum absolute atomic E-state index is 11.0. The molecule has 1 rings (SSSR count). The van der Waals surface area contributed by atoms with Gasteiger partial charge in [-0.2, -0.15) is 0 Å². The molecule has 1 heterocycles. The molecule has 3 heteroatoms. The predicted octanol–water partition coefficient (Wildman–Crippen LogP) is 0.766. The van der Waals surface area contributed by atoms with E-state index in [2.05, 4.69) is 0 Å². The van der Waals surface area contributed by atoms with Gasteiger partial charge in [0.05, 0.1) is 6.61 Å². The van der Waals surface area contributed by atoms with Crippen LogP contribution in [0.4, 0.5) is 0 Å². The van der Waals surface area contributed by atoms with Crippen molar-refractivity contribution in [3.8, 4) is 0 Å². The molecule has 0 N–H and O–H groups in total. The van der Waals surface area contributed by atoms with Crippen molar-refractivity contribution in [2.24, 2.45) is 0 Å². The molecule has 0 aromatic rings. The molecule has 0 aromatic heterocycles. The third-order valence-electron chi connectivity index (χ3n) is 1.48. The molecule has 0 aliphatic carbocycles. The molecule has 2 nitrogen and oxygen atoms in total. The van der Waals surface area contributed by atoms with Gasteiger partial charge in [0.15, 0.2) is 11.5 Å². The molecule has 52 valence electrons. The Morgan fingerprint density at radius 1 is 1.80 bits per heavy atom. The van der Waals surface area contributed by atoms with Gasteiger partial charge in [0.1, 0.15) is 7.85 Å². The Labute approximate surface area is 61.7 Å². The number of carbonyl (C=O) groups is 1. The summed E-state index contributed by atoms with van der Waals surface area (Å²) in [6, 6.07) is 0. The van der Waals surface area contributed by atoms with E-state index in [1.165, 1.54) is 0 Å². The second-order valence-corrected chi connectivity index (χ2v) is 2.23. The third kappa shape index (κ3) is 1.23. The minimum atomic E-state index is 0.00926. The quantitative estimate of drug-likeness (QED) is 0.524. The zero-order valence-electron chi connectivity index (χ0n) is 6.02. The van der Waals surface area contributed by atoms with E-state index in [0.717, 1.165) is 0 Å². The number of allylic oxidation sites excluding steroid dienone is 1. The van der Waals surface area contributed by atoms with E-state index in [4.69, 9.17) is 12.6 Å². The molecule has 10 heavy (non-hydrogen) atoms. The van der Waals surface area contributed by atoms with Gasteiger partial charge >= 0.3 is 0 Å². The van der Waals surface area contributed by atoms with Crippen LogP contribution < -0.4 is 0 Å². The second-order valence-electron chi connectivity index (χ2n) is 2.23. The van der Waals surface area contributed by atoms with Crippen molar-refractivity contribution >= 4 is 13.6 Å². The lowest BCUT2D eigenvalue weighted by molar-refractivity contribution is -0.118. The van der Waals surface area contributed by atoms with Gasteiger partial charge in [-0.05, 0) is 6.42 Å². The summed E-state index contributed by atoms with van der Waals surface area (Å²) in [7, 11) is 5.49. The highest BCUT2D eigenvalue weighted by Crippen LogP contribution is 2.17. The fraction of sp³-hybridized carbons (Fsp3) is 0.571. The molecular formula is C7H9BO2. The smallest absolute Gasteiger partial charge is 0.196 e. The molecule has 0 spiro atoms. The Balaban J connectivity index is 2.71. The Bertz CT molecular complexity index is 184. The van der Waals surface area contributed by atoms with Crippen LogP contribution in [-0.2, 0) is 9.53 Å². The molecule has 1 aliphatic heterocycles. The van der Waals surface area contributed by atoms with Crippen molar-refractivity contribution < 1.29 is 9.53 Å². The summed E-state index contributed by atoms with van der Waals surface area (Å²) in [6.07, 6.45) is 1.16. The van der Waals surface area contributed by atoms with Crippen LogP contribution in [0.5, 0.6) is 0 Å². The number of ether oxygens (including phenoxy) is 1. The molecule has 2 radical (unpaired) electrons. The first-order valence-electron chi connectivity index (χ1n) is 3.40. The maximum Gasteiger partial charge on any atom is 0.196 e. The Kier molecular flexibility index (Phi) is 2.15. The molecule has 0 saturated carbocycles. The van der Waals surface area contributed by atoms with Crippen LogP contribution in [0.15, 0.2) is 11.2 Å². The topological polar surface area (TPSA) is 26.3 Å². The summed E-state index contributed by atoms with van der Waals surface area (Å²) in [6.45, 7) is 2.36. The zero-order valence-corrected chi connectivity index (χ0v) is 6.02. The number of rotatable bonds is 2. The first-order chi connectivity index (χ1) is 4.75. The van der Waals surface area contributed by atoms with Crippen molar-refractivity contribution in [1.29, 1.82) is 0 Å². The van der Waals surface area contributed by atoms with Gasteiger partial charge < -0.3 is 4.74 Å². The summed E-state index contributed by atoms with van der Waals surface area (Å²) in [5.74, 6) is 0.400. The zero-order chi connectivity index (χ0) is 7.56. The number of hydrogen-bond donors (Lipinski definition) is 0. The van der Waals surface area contributed by atoms with E-state index < -0.39 is 0 Å².